The van der Waals surface area contributed by atoms with E-state index in [0.29, 0.717) is 16.6 Å². The predicted octanol–water partition coefficient (Wildman–Crippen LogP) is 4.62. The van der Waals surface area contributed by atoms with Gasteiger partial charge in [0.25, 0.3) is 0 Å². The van der Waals surface area contributed by atoms with Crippen LogP contribution in [0.3, 0.4) is 0 Å². The maximum Gasteiger partial charge on any atom is 0.121 e. The monoisotopic (exact) mass is 362 g/mol. The molecule has 0 aliphatic rings. The van der Waals surface area contributed by atoms with Gasteiger partial charge in [0, 0.05) is 29.2 Å². The molecule has 24 heavy (non-hydrogen) atoms. The predicted molar refractivity (Wildman–Crippen MR) is 99.3 cm³/mol. The molecule has 0 amide bonds. The van der Waals surface area contributed by atoms with Crippen LogP contribution < -0.4 is 10.1 Å². The van der Waals surface area contributed by atoms with E-state index in [-0.39, 0.29) is 6.61 Å². The second kappa shape index (κ2) is 7.26. The minimum Gasteiger partial charge on any atom is -0.497 e. The normalized spacial score (nSPS) is 10.8. The number of hydrogen-bond donors (Lipinski definition) is 2. The lowest BCUT2D eigenvalue weighted by Crippen LogP contribution is -2.06. The zero-order chi connectivity index (χ0) is 17.1. The molecule has 0 bridgehead atoms. The van der Waals surface area contributed by atoms with Crippen molar-refractivity contribution >= 4 is 39.8 Å². The van der Waals surface area contributed by atoms with Crippen molar-refractivity contribution in [2.24, 2.45) is 0 Å². The highest BCUT2D eigenvalue weighted by Gasteiger charge is 2.10. The Hall–Kier alpha value is -2.01. The first-order valence-corrected chi connectivity index (χ1v) is 8.17. The SMILES string of the molecule is COc1ccc2c(NCCO)cc(-c3ccc(Cl)c(Cl)c3)nc2c1. The fourth-order valence-electron chi connectivity index (χ4n) is 2.48. The summed E-state index contributed by atoms with van der Waals surface area (Å²) in [5.41, 5.74) is 3.30. The highest BCUT2D eigenvalue weighted by Crippen LogP contribution is 2.33. The van der Waals surface area contributed by atoms with Crippen LogP contribution in [0.1, 0.15) is 0 Å². The van der Waals surface area contributed by atoms with E-state index in [2.05, 4.69) is 5.32 Å². The maximum atomic E-state index is 9.10. The van der Waals surface area contributed by atoms with Crippen LogP contribution in [-0.2, 0) is 0 Å². The minimum absolute atomic E-state index is 0.0437. The van der Waals surface area contributed by atoms with Crippen molar-refractivity contribution in [2.45, 2.75) is 0 Å². The van der Waals surface area contributed by atoms with Crippen LogP contribution in [0.4, 0.5) is 5.69 Å². The Morgan fingerprint density at radius 1 is 1.08 bits per heavy atom. The lowest BCUT2D eigenvalue weighted by molar-refractivity contribution is 0.311. The molecular formula is C18H16Cl2N2O2. The molecule has 2 aromatic carbocycles. The van der Waals surface area contributed by atoms with Crippen LogP contribution in [0.5, 0.6) is 5.75 Å². The van der Waals surface area contributed by atoms with Crippen LogP contribution in [-0.4, -0.2) is 30.4 Å². The van der Waals surface area contributed by atoms with Crippen LogP contribution in [0, 0.1) is 0 Å². The molecule has 0 aliphatic heterocycles. The molecule has 0 unspecified atom stereocenters. The van der Waals surface area contributed by atoms with Gasteiger partial charge < -0.3 is 15.2 Å². The number of nitrogens with one attached hydrogen (secondary N) is 1. The summed E-state index contributed by atoms with van der Waals surface area (Å²) < 4.78 is 5.28. The van der Waals surface area contributed by atoms with Gasteiger partial charge in [-0.2, -0.15) is 0 Å². The number of fused-ring (bicyclic) bond motifs is 1. The number of aliphatic hydroxyl groups excluding tert-OH is 1. The van der Waals surface area contributed by atoms with Gasteiger partial charge in [-0.1, -0.05) is 29.3 Å². The quantitative estimate of drug-likeness (QED) is 0.695. The number of ether oxygens (including phenoxy) is 1. The first-order valence-electron chi connectivity index (χ1n) is 7.41. The third kappa shape index (κ3) is 3.41. The third-order valence-corrected chi connectivity index (χ3v) is 4.40. The van der Waals surface area contributed by atoms with E-state index in [4.69, 9.17) is 38.0 Å². The maximum absolute atomic E-state index is 9.10. The average molecular weight is 363 g/mol. The molecule has 0 radical (unpaired) electrons. The third-order valence-electron chi connectivity index (χ3n) is 3.66. The molecule has 3 aromatic rings. The summed E-state index contributed by atoms with van der Waals surface area (Å²) in [5, 5.41) is 14.3. The van der Waals surface area contributed by atoms with E-state index in [1.807, 2.05) is 30.3 Å². The molecule has 1 aromatic heterocycles. The number of methoxy groups -OCH3 is 1. The summed E-state index contributed by atoms with van der Waals surface area (Å²) in [5.74, 6) is 0.731. The average Bonchev–Trinajstić information content (AvgIpc) is 2.61. The van der Waals surface area contributed by atoms with E-state index >= 15 is 0 Å². The molecule has 2 N–H and O–H groups in total. The van der Waals surface area contributed by atoms with E-state index in [9.17, 15) is 0 Å². The van der Waals surface area contributed by atoms with Crippen molar-refractivity contribution in [1.29, 1.82) is 0 Å². The molecule has 3 rings (SSSR count). The van der Waals surface area contributed by atoms with E-state index in [0.717, 1.165) is 33.6 Å². The standard InChI is InChI=1S/C18H16Cl2N2O2/c1-24-12-3-4-13-17(21-6-7-23)10-16(22-18(13)9-12)11-2-5-14(19)15(20)8-11/h2-5,8-10,23H,6-7H2,1H3,(H,21,22). The summed E-state index contributed by atoms with van der Waals surface area (Å²) in [6, 6.07) is 13.0. The number of nitrogens with zero attached hydrogens (tertiary/aromatic N) is 1. The summed E-state index contributed by atoms with van der Waals surface area (Å²) in [6.45, 7) is 0.494. The fraction of sp³-hybridized carbons (Fsp3) is 0.167. The number of halogens is 2. The van der Waals surface area contributed by atoms with Gasteiger partial charge in [-0.05, 0) is 30.3 Å². The Kier molecular flexibility index (Phi) is 5.09. The Bertz CT molecular complexity index is 884. The Morgan fingerprint density at radius 2 is 1.92 bits per heavy atom. The molecule has 1 heterocycles. The van der Waals surface area contributed by atoms with Gasteiger partial charge in [0.2, 0.25) is 0 Å². The molecule has 6 heteroatoms. The first kappa shape index (κ1) is 16.8. The van der Waals surface area contributed by atoms with Crippen molar-refractivity contribution < 1.29 is 9.84 Å². The molecule has 124 valence electrons. The smallest absolute Gasteiger partial charge is 0.121 e. The Morgan fingerprint density at radius 3 is 2.62 bits per heavy atom. The Balaban J connectivity index is 2.17. The van der Waals surface area contributed by atoms with Crippen molar-refractivity contribution in [3.8, 4) is 17.0 Å². The molecule has 0 saturated carbocycles. The van der Waals surface area contributed by atoms with E-state index in [1.54, 1.807) is 19.2 Å². The van der Waals surface area contributed by atoms with Gasteiger partial charge in [-0.15, -0.1) is 0 Å². The number of rotatable bonds is 5. The number of aliphatic hydroxyl groups is 1. The molecule has 0 aliphatic carbocycles. The van der Waals surface area contributed by atoms with Crippen molar-refractivity contribution in [1.82, 2.24) is 4.98 Å². The summed E-state index contributed by atoms with van der Waals surface area (Å²) >= 11 is 12.1. The van der Waals surface area contributed by atoms with Crippen LogP contribution in [0.2, 0.25) is 10.0 Å². The van der Waals surface area contributed by atoms with Gasteiger partial charge in [0.15, 0.2) is 0 Å². The largest absolute Gasteiger partial charge is 0.497 e. The second-order valence-corrected chi connectivity index (χ2v) is 6.03. The Labute approximate surface area is 150 Å². The first-order chi connectivity index (χ1) is 11.6. The van der Waals surface area contributed by atoms with Crippen LogP contribution in [0.25, 0.3) is 22.2 Å². The summed E-state index contributed by atoms with van der Waals surface area (Å²) in [4.78, 5) is 4.71. The van der Waals surface area contributed by atoms with Gasteiger partial charge in [0.1, 0.15) is 5.75 Å². The van der Waals surface area contributed by atoms with Crippen molar-refractivity contribution in [3.05, 3.63) is 52.5 Å². The van der Waals surface area contributed by atoms with Crippen molar-refractivity contribution in [2.75, 3.05) is 25.6 Å². The molecule has 0 atom stereocenters. The number of aromatic nitrogens is 1. The molecule has 4 nitrogen and oxygen atoms in total. The highest BCUT2D eigenvalue weighted by molar-refractivity contribution is 6.42. The summed E-state index contributed by atoms with van der Waals surface area (Å²) in [6.07, 6.45) is 0. The minimum atomic E-state index is 0.0437. The van der Waals surface area contributed by atoms with E-state index in [1.165, 1.54) is 0 Å². The summed E-state index contributed by atoms with van der Waals surface area (Å²) in [7, 11) is 1.62. The number of pyridine rings is 1. The second-order valence-electron chi connectivity index (χ2n) is 5.22. The van der Waals surface area contributed by atoms with Gasteiger partial charge in [-0.25, -0.2) is 4.98 Å². The zero-order valence-electron chi connectivity index (χ0n) is 13.0. The number of benzene rings is 2. The van der Waals surface area contributed by atoms with Crippen LogP contribution in [0.15, 0.2) is 42.5 Å². The van der Waals surface area contributed by atoms with Crippen LogP contribution >= 0.6 is 23.2 Å². The van der Waals surface area contributed by atoms with E-state index < -0.39 is 0 Å². The lowest BCUT2D eigenvalue weighted by Gasteiger charge is -2.12. The molecule has 0 saturated heterocycles. The molecular weight excluding hydrogens is 347 g/mol. The van der Waals surface area contributed by atoms with Gasteiger partial charge in [0.05, 0.1) is 35.0 Å². The number of anilines is 1. The fourth-order valence-corrected chi connectivity index (χ4v) is 2.77. The number of hydrogen-bond acceptors (Lipinski definition) is 4. The molecule has 0 spiro atoms. The van der Waals surface area contributed by atoms with Gasteiger partial charge in [-0.3, -0.25) is 0 Å². The molecule has 0 fully saturated rings. The van der Waals surface area contributed by atoms with Crippen molar-refractivity contribution in [3.63, 3.8) is 0 Å². The zero-order valence-corrected chi connectivity index (χ0v) is 14.5. The topological polar surface area (TPSA) is 54.4 Å². The lowest BCUT2D eigenvalue weighted by atomic mass is 10.1. The van der Waals surface area contributed by atoms with Gasteiger partial charge >= 0.3 is 0 Å². The highest BCUT2D eigenvalue weighted by atomic mass is 35.5.